The van der Waals surface area contributed by atoms with Gasteiger partial charge in [-0.15, -0.1) is 10.2 Å². The van der Waals surface area contributed by atoms with E-state index in [1.807, 2.05) is 0 Å². The Morgan fingerprint density at radius 1 is 1.30 bits per heavy atom. The fourth-order valence-corrected chi connectivity index (χ4v) is 2.69. The maximum Gasteiger partial charge on any atom is 0.322 e. The standard InChI is InChI=1S/C14H13F3N4O2/c1-7-18-19-12-6-20(11(14(22)23)5-21(7)12)4-8-2-9(15)13(17)10(16)3-8/h2-3,11H,4-6H2,1H3,(H,22,23). The number of carboxylic acids is 1. The van der Waals surface area contributed by atoms with Crippen LogP contribution in [0.1, 0.15) is 17.2 Å². The Kier molecular flexibility index (Phi) is 3.80. The van der Waals surface area contributed by atoms with E-state index >= 15 is 0 Å². The molecule has 1 aliphatic heterocycles. The van der Waals surface area contributed by atoms with Gasteiger partial charge in [-0.2, -0.15) is 0 Å². The summed E-state index contributed by atoms with van der Waals surface area (Å²) in [6, 6.07) is 0.831. The van der Waals surface area contributed by atoms with Crippen LogP contribution < -0.4 is 0 Å². The molecule has 0 fully saturated rings. The third kappa shape index (κ3) is 2.79. The number of hydrogen-bond donors (Lipinski definition) is 1. The lowest BCUT2D eigenvalue weighted by Gasteiger charge is -2.33. The largest absolute Gasteiger partial charge is 0.480 e. The summed E-state index contributed by atoms with van der Waals surface area (Å²) in [4.78, 5) is 13.0. The molecular formula is C14H13F3N4O2. The molecule has 1 N–H and O–H groups in total. The molecule has 1 aromatic heterocycles. The first-order valence-electron chi connectivity index (χ1n) is 6.85. The van der Waals surface area contributed by atoms with Crippen molar-refractivity contribution in [2.24, 2.45) is 0 Å². The van der Waals surface area contributed by atoms with Crippen LogP contribution in [-0.4, -0.2) is 36.8 Å². The molecule has 0 saturated carbocycles. The zero-order valence-electron chi connectivity index (χ0n) is 12.1. The van der Waals surface area contributed by atoms with Crippen molar-refractivity contribution in [3.8, 4) is 0 Å². The van der Waals surface area contributed by atoms with E-state index in [9.17, 15) is 23.1 Å². The smallest absolute Gasteiger partial charge is 0.322 e. The van der Waals surface area contributed by atoms with E-state index in [2.05, 4.69) is 10.2 Å². The van der Waals surface area contributed by atoms with Crippen molar-refractivity contribution in [2.45, 2.75) is 32.6 Å². The molecule has 0 radical (unpaired) electrons. The number of aryl methyl sites for hydroxylation is 1. The van der Waals surface area contributed by atoms with Gasteiger partial charge in [0, 0.05) is 6.54 Å². The van der Waals surface area contributed by atoms with E-state index in [4.69, 9.17) is 0 Å². The van der Waals surface area contributed by atoms with Crippen molar-refractivity contribution in [3.63, 3.8) is 0 Å². The normalized spacial score (nSPS) is 18.0. The highest BCUT2D eigenvalue weighted by Gasteiger charge is 2.33. The zero-order chi connectivity index (χ0) is 16.7. The average molecular weight is 326 g/mol. The minimum atomic E-state index is -1.54. The predicted molar refractivity (Wildman–Crippen MR) is 71.7 cm³/mol. The topological polar surface area (TPSA) is 71.2 Å². The molecule has 6 nitrogen and oxygen atoms in total. The summed E-state index contributed by atoms with van der Waals surface area (Å²) in [5.41, 5.74) is 0.150. The minimum Gasteiger partial charge on any atom is -0.480 e. The first-order chi connectivity index (χ1) is 10.9. The van der Waals surface area contributed by atoms with E-state index in [0.717, 1.165) is 12.1 Å². The number of hydrogen-bond acceptors (Lipinski definition) is 4. The molecule has 0 spiro atoms. The number of nitrogens with zero attached hydrogens (tertiary/aromatic N) is 4. The van der Waals surface area contributed by atoms with Crippen LogP contribution in [0.2, 0.25) is 0 Å². The Balaban J connectivity index is 1.90. The summed E-state index contributed by atoms with van der Waals surface area (Å²) in [7, 11) is 0. The van der Waals surface area contributed by atoms with Crippen molar-refractivity contribution in [2.75, 3.05) is 0 Å². The van der Waals surface area contributed by atoms with Gasteiger partial charge in [0.1, 0.15) is 17.7 Å². The van der Waals surface area contributed by atoms with Crippen LogP contribution in [0.4, 0.5) is 13.2 Å². The van der Waals surface area contributed by atoms with Crippen LogP contribution in [0.25, 0.3) is 0 Å². The highest BCUT2D eigenvalue weighted by atomic mass is 19.2. The van der Waals surface area contributed by atoms with Gasteiger partial charge in [0.25, 0.3) is 0 Å². The lowest BCUT2D eigenvalue weighted by atomic mass is 10.1. The van der Waals surface area contributed by atoms with Gasteiger partial charge in [-0.25, -0.2) is 13.2 Å². The van der Waals surface area contributed by atoms with Crippen molar-refractivity contribution in [1.82, 2.24) is 19.7 Å². The average Bonchev–Trinajstić information content (AvgIpc) is 2.84. The molecule has 0 saturated heterocycles. The Bertz CT molecular complexity index is 754. The lowest BCUT2D eigenvalue weighted by molar-refractivity contribution is -0.145. The summed E-state index contributed by atoms with van der Waals surface area (Å²) in [5.74, 6) is -4.04. The van der Waals surface area contributed by atoms with Crippen molar-refractivity contribution in [1.29, 1.82) is 0 Å². The van der Waals surface area contributed by atoms with Gasteiger partial charge in [0.05, 0.1) is 13.1 Å². The molecular weight excluding hydrogens is 313 g/mol. The molecule has 1 aliphatic rings. The third-order valence-electron chi connectivity index (χ3n) is 3.87. The molecule has 1 unspecified atom stereocenters. The summed E-state index contributed by atoms with van der Waals surface area (Å²) in [6.45, 7) is 1.97. The third-order valence-corrected chi connectivity index (χ3v) is 3.87. The molecule has 122 valence electrons. The van der Waals surface area contributed by atoms with Gasteiger partial charge in [-0.3, -0.25) is 9.69 Å². The van der Waals surface area contributed by atoms with Crippen LogP contribution in [0, 0.1) is 24.4 Å². The molecule has 2 heterocycles. The lowest BCUT2D eigenvalue weighted by Crippen LogP contribution is -2.47. The molecule has 0 amide bonds. The number of benzene rings is 1. The summed E-state index contributed by atoms with van der Waals surface area (Å²) >= 11 is 0. The number of aromatic nitrogens is 3. The number of aliphatic carboxylic acids is 1. The van der Waals surface area contributed by atoms with Crippen molar-refractivity contribution < 1.29 is 23.1 Å². The van der Waals surface area contributed by atoms with E-state index in [0.29, 0.717) is 11.6 Å². The van der Waals surface area contributed by atoms with Crippen LogP contribution in [-0.2, 0) is 24.4 Å². The highest BCUT2D eigenvalue weighted by Crippen LogP contribution is 2.22. The maximum atomic E-state index is 13.3. The van der Waals surface area contributed by atoms with Crippen LogP contribution >= 0.6 is 0 Å². The van der Waals surface area contributed by atoms with Crippen molar-refractivity contribution in [3.05, 3.63) is 46.8 Å². The summed E-state index contributed by atoms with van der Waals surface area (Å²) in [5, 5.41) is 17.2. The predicted octanol–water partition coefficient (Wildman–Crippen LogP) is 1.47. The van der Waals surface area contributed by atoms with Gasteiger partial charge in [-0.1, -0.05) is 0 Å². The number of rotatable bonds is 3. The second kappa shape index (κ2) is 5.65. The van der Waals surface area contributed by atoms with E-state index in [1.165, 1.54) is 4.90 Å². The monoisotopic (exact) mass is 326 g/mol. The quantitative estimate of drug-likeness (QED) is 0.865. The first kappa shape index (κ1) is 15.5. The molecule has 2 aromatic rings. The van der Waals surface area contributed by atoms with E-state index in [1.54, 1.807) is 11.5 Å². The van der Waals surface area contributed by atoms with Gasteiger partial charge in [0.2, 0.25) is 0 Å². The molecule has 0 bridgehead atoms. The van der Waals surface area contributed by atoms with Gasteiger partial charge < -0.3 is 9.67 Å². The minimum absolute atomic E-state index is 0.0446. The van der Waals surface area contributed by atoms with E-state index in [-0.39, 0.29) is 25.2 Å². The SMILES string of the molecule is Cc1nnc2n1CC(C(=O)O)N(Cc1cc(F)c(F)c(F)c1)C2. The van der Waals surface area contributed by atoms with Crippen LogP contribution in [0.5, 0.6) is 0 Å². The van der Waals surface area contributed by atoms with Crippen LogP contribution in [0.15, 0.2) is 12.1 Å². The molecule has 9 heteroatoms. The van der Waals surface area contributed by atoms with Crippen LogP contribution in [0.3, 0.4) is 0 Å². The Morgan fingerprint density at radius 2 is 1.96 bits per heavy atom. The maximum absolute atomic E-state index is 13.3. The van der Waals surface area contributed by atoms with E-state index < -0.39 is 29.5 Å². The molecule has 0 aliphatic carbocycles. The second-order valence-corrected chi connectivity index (χ2v) is 5.41. The Hall–Kier alpha value is -2.42. The molecule has 1 atom stereocenters. The first-order valence-corrected chi connectivity index (χ1v) is 6.85. The zero-order valence-corrected chi connectivity index (χ0v) is 12.1. The number of fused-ring (bicyclic) bond motifs is 1. The fourth-order valence-electron chi connectivity index (χ4n) is 2.69. The Morgan fingerprint density at radius 3 is 2.57 bits per heavy atom. The number of carboxylic acid groups (broad SMARTS) is 1. The second-order valence-electron chi connectivity index (χ2n) is 5.41. The highest BCUT2D eigenvalue weighted by molar-refractivity contribution is 5.73. The Labute approximate surface area is 129 Å². The van der Waals surface area contributed by atoms with Crippen molar-refractivity contribution >= 4 is 5.97 Å². The summed E-state index contributed by atoms with van der Waals surface area (Å²) in [6.07, 6.45) is 0. The number of halogens is 3. The van der Waals surface area contributed by atoms with Gasteiger partial charge >= 0.3 is 5.97 Å². The van der Waals surface area contributed by atoms with Gasteiger partial charge in [0.15, 0.2) is 17.5 Å². The molecule has 3 rings (SSSR count). The summed E-state index contributed by atoms with van der Waals surface area (Å²) < 4.78 is 41.3. The fraction of sp³-hybridized carbons (Fsp3) is 0.357. The molecule has 23 heavy (non-hydrogen) atoms. The van der Waals surface area contributed by atoms with Gasteiger partial charge in [-0.05, 0) is 24.6 Å². The molecule has 1 aromatic carbocycles. The number of carbonyl (C=O) groups is 1.